The van der Waals surface area contributed by atoms with Gasteiger partial charge in [-0.3, -0.25) is 24.4 Å². The Labute approximate surface area is 150 Å². The molecule has 3 heterocycles. The topological polar surface area (TPSA) is 118 Å². The van der Waals surface area contributed by atoms with Gasteiger partial charge in [-0.25, -0.2) is 0 Å². The van der Waals surface area contributed by atoms with Crippen molar-refractivity contribution in [2.24, 2.45) is 5.73 Å². The monoisotopic (exact) mass is 353 g/mol. The Hall–Kier alpha value is -3.29. The number of nitrogens with two attached hydrogens (primary N) is 1. The number of carbonyl (C=O) groups is 3. The summed E-state index contributed by atoms with van der Waals surface area (Å²) in [5.41, 5.74) is 6.51. The molecule has 1 aliphatic rings. The molecule has 1 saturated heterocycles. The zero-order valence-electron chi connectivity index (χ0n) is 14.1. The number of hydrogen-bond acceptors (Lipinski definition) is 5. The van der Waals surface area contributed by atoms with Crippen molar-refractivity contribution < 1.29 is 14.4 Å². The second kappa shape index (κ2) is 7.73. The number of hydrogen-bond donors (Lipinski definition) is 2. The minimum atomic E-state index is -0.774. The molecule has 3 rings (SSSR count). The highest BCUT2D eigenvalue weighted by Gasteiger charge is 2.31. The number of anilines is 1. The van der Waals surface area contributed by atoms with Crippen molar-refractivity contribution in [2.75, 3.05) is 11.9 Å². The van der Waals surface area contributed by atoms with E-state index in [1.54, 1.807) is 17.3 Å². The summed E-state index contributed by atoms with van der Waals surface area (Å²) in [5.74, 6) is -2.06. The van der Waals surface area contributed by atoms with Crippen LogP contribution in [0.1, 0.15) is 41.2 Å². The molecule has 0 aliphatic carbocycles. The average molecular weight is 353 g/mol. The van der Waals surface area contributed by atoms with Crippen LogP contribution >= 0.6 is 0 Å². The zero-order valence-corrected chi connectivity index (χ0v) is 14.1. The molecule has 1 fully saturated rings. The molecule has 2 aromatic rings. The number of aromatic nitrogens is 2. The minimum absolute atomic E-state index is 0.154. The van der Waals surface area contributed by atoms with E-state index in [0.29, 0.717) is 6.54 Å². The van der Waals surface area contributed by atoms with Crippen LogP contribution in [0.4, 0.5) is 5.69 Å². The molecule has 0 aromatic carbocycles. The van der Waals surface area contributed by atoms with E-state index in [4.69, 9.17) is 5.73 Å². The second-order valence-corrected chi connectivity index (χ2v) is 6.08. The molecule has 0 bridgehead atoms. The maximum absolute atomic E-state index is 12.7. The Bertz CT molecular complexity index is 825. The van der Waals surface area contributed by atoms with Gasteiger partial charge in [0.25, 0.3) is 0 Å². The van der Waals surface area contributed by atoms with Crippen molar-refractivity contribution in [3.8, 4) is 0 Å². The second-order valence-electron chi connectivity index (χ2n) is 6.08. The molecule has 0 spiro atoms. The van der Waals surface area contributed by atoms with E-state index in [1.807, 2.05) is 12.1 Å². The maximum atomic E-state index is 12.7. The first-order valence-corrected chi connectivity index (χ1v) is 8.33. The number of rotatable bonds is 3. The first-order valence-electron chi connectivity index (χ1n) is 8.33. The molecular formula is C18H19N5O3. The molecule has 3 N–H and O–H groups in total. The molecule has 2 aromatic heterocycles. The Balaban J connectivity index is 1.75. The highest BCUT2D eigenvalue weighted by atomic mass is 16.2. The number of piperidine rings is 1. The molecule has 0 radical (unpaired) electrons. The summed E-state index contributed by atoms with van der Waals surface area (Å²) in [6.45, 7) is 0.505. The van der Waals surface area contributed by atoms with E-state index in [2.05, 4.69) is 15.3 Å². The van der Waals surface area contributed by atoms with E-state index in [9.17, 15) is 14.4 Å². The maximum Gasteiger partial charge on any atom is 0.313 e. The Morgan fingerprint density at radius 2 is 2.00 bits per heavy atom. The first-order chi connectivity index (χ1) is 12.6. The fraction of sp³-hybridized carbons (Fsp3) is 0.278. The van der Waals surface area contributed by atoms with Crippen molar-refractivity contribution in [3.05, 3.63) is 54.1 Å². The lowest BCUT2D eigenvalue weighted by Crippen LogP contribution is -2.44. The van der Waals surface area contributed by atoms with Crippen LogP contribution < -0.4 is 11.1 Å². The molecule has 26 heavy (non-hydrogen) atoms. The van der Waals surface area contributed by atoms with Gasteiger partial charge in [0.05, 0.1) is 23.5 Å². The summed E-state index contributed by atoms with van der Waals surface area (Å²) < 4.78 is 0. The van der Waals surface area contributed by atoms with Crippen molar-refractivity contribution in [2.45, 2.75) is 25.3 Å². The number of likely N-dealkylation sites (tertiary alicyclic amines) is 1. The lowest BCUT2D eigenvalue weighted by atomic mass is 9.96. The summed E-state index contributed by atoms with van der Waals surface area (Å²) in [5, 5.41) is 2.49. The lowest BCUT2D eigenvalue weighted by molar-refractivity contribution is -0.145. The van der Waals surface area contributed by atoms with Crippen LogP contribution in [0.3, 0.4) is 0 Å². The first kappa shape index (κ1) is 17.5. The number of primary amides is 1. The Morgan fingerprint density at radius 3 is 2.73 bits per heavy atom. The van der Waals surface area contributed by atoms with Crippen LogP contribution in [0.2, 0.25) is 0 Å². The average Bonchev–Trinajstić information content (AvgIpc) is 2.68. The van der Waals surface area contributed by atoms with Gasteiger partial charge in [0, 0.05) is 25.1 Å². The van der Waals surface area contributed by atoms with E-state index >= 15 is 0 Å². The Kier molecular flexibility index (Phi) is 5.21. The normalized spacial score (nSPS) is 16.8. The van der Waals surface area contributed by atoms with Gasteiger partial charge in [-0.15, -0.1) is 0 Å². The van der Waals surface area contributed by atoms with Crippen LogP contribution in [0.5, 0.6) is 0 Å². The molecule has 3 amide bonds. The van der Waals surface area contributed by atoms with Gasteiger partial charge in [0.15, 0.2) is 0 Å². The van der Waals surface area contributed by atoms with Gasteiger partial charge in [0.1, 0.15) is 0 Å². The van der Waals surface area contributed by atoms with Gasteiger partial charge in [-0.2, -0.15) is 0 Å². The lowest BCUT2D eigenvalue weighted by Gasteiger charge is -2.35. The summed E-state index contributed by atoms with van der Waals surface area (Å²) in [7, 11) is 0. The molecule has 8 nitrogen and oxygen atoms in total. The van der Waals surface area contributed by atoms with Gasteiger partial charge in [-0.05, 0) is 37.0 Å². The SMILES string of the molecule is NC(=O)c1cncc(NC(=O)C(=O)N2CCCC[C@H]2c2cccnc2)c1. The predicted octanol–water partition coefficient (Wildman–Crippen LogP) is 1.27. The summed E-state index contributed by atoms with van der Waals surface area (Å²) in [6.07, 6.45) is 8.64. The fourth-order valence-corrected chi connectivity index (χ4v) is 3.05. The predicted molar refractivity (Wildman–Crippen MR) is 93.9 cm³/mol. The number of carbonyl (C=O) groups excluding carboxylic acids is 3. The minimum Gasteiger partial charge on any atom is -0.366 e. The van der Waals surface area contributed by atoms with Crippen LogP contribution in [-0.2, 0) is 9.59 Å². The van der Waals surface area contributed by atoms with Gasteiger partial charge < -0.3 is 16.0 Å². The zero-order chi connectivity index (χ0) is 18.5. The third-order valence-corrected chi connectivity index (χ3v) is 4.31. The van der Waals surface area contributed by atoms with Gasteiger partial charge in [-0.1, -0.05) is 6.07 Å². The smallest absolute Gasteiger partial charge is 0.313 e. The van der Waals surface area contributed by atoms with Crippen molar-refractivity contribution >= 4 is 23.4 Å². The third kappa shape index (κ3) is 3.85. The van der Waals surface area contributed by atoms with Crippen LogP contribution in [0, 0.1) is 0 Å². The van der Waals surface area contributed by atoms with Crippen LogP contribution in [0.25, 0.3) is 0 Å². The van der Waals surface area contributed by atoms with Gasteiger partial charge >= 0.3 is 11.8 Å². The number of nitrogens with one attached hydrogen (secondary N) is 1. The largest absolute Gasteiger partial charge is 0.366 e. The number of nitrogens with zero attached hydrogens (tertiary/aromatic N) is 3. The van der Waals surface area contributed by atoms with Crippen molar-refractivity contribution in [1.29, 1.82) is 0 Å². The molecule has 134 valence electrons. The molecular weight excluding hydrogens is 334 g/mol. The number of pyridine rings is 2. The highest BCUT2D eigenvalue weighted by Crippen LogP contribution is 2.30. The molecule has 8 heteroatoms. The van der Waals surface area contributed by atoms with Crippen LogP contribution in [0.15, 0.2) is 43.0 Å². The molecule has 0 saturated carbocycles. The fourth-order valence-electron chi connectivity index (χ4n) is 3.05. The van der Waals surface area contributed by atoms with Crippen molar-refractivity contribution in [1.82, 2.24) is 14.9 Å². The van der Waals surface area contributed by atoms with E-state index in [0.717, 1.165) is 24.8 Å². The number of amides is 3. The molecule has 1 atom stereocenters. The quantitative estimate of drug-likeness (QED) is 0.806. The molecule has 1 aliphatic heterocycles. The van der Waals surface area contributed by atoms with Gasteiger partial charge in [0.2, 0.25) is 5.91 Å². The summed E-state index contributed by atoms with van der Waals surface area (Å²) in [6, 6.07) is 4.93. The van der Waals surface area contributed by atoms with E-state index in [1.165, 1.54) is 18.5 Å². The highest BCUT2D eigenvalue weighted by molar-refractivity contribution is 6.39. The van der Waals surface area contributed by atoms with Crippen molar-refractivity contribution in [3.63, 3.8) is 0 Å². The standard InChI is InChI=1S/C18H19N5O3/c19-16(24)13-8-14(11-21-10-13)22-17(25)18(26)23-7-2-1-5-15(23)12-4-3-6-20-9-12/h3-4,6,8-11,15H,1-2,5,7H2,(H2,19,24)(H,22,25)/t15-/m0/s1. The third-order valence-electron chi connectivity index (χ3n) is 4.31. The molecule has 0 unspecified atom stereocenters. The summed E-state index contributed by atoms with van der Waals surface area (Å²) >= 11 is 0. The van der Waals surface area contributed by atoms with E-state index < -0.39 is 17.7 Å². The van der Waals surface area contributed by atoms with Crippen LogP contribution in [-0.4, -0.2) is 39.1 Å². The Morgan fingerprint density at radius 1 is 1.15 bits per heavy atom. The summed E-state index contributed by atoms with van der Waals surface area (Å²) in [4.78, 5) is 45.8. The van der Waals surface area contributed by atoms with E-state index in [-0.39, 0.29) is 17.3 Å².